The summed E-state index contributed by atoms with van der Waals surface area (Å²) in [7, 11) is 3.02. The van der Waals surface area contributed by atoms with E-state index in [4.69, 9.17) is 21.1 Å². The maximum absolute atomic E-state index is 12.9. The van der Waals surface area contributed by atoms with Gasteiger partial charge in [0.05, 0.1) is 25.5 Å². The zero-order valence-electron chi connectivity index (χ0n) is 14.0. The van der Waals surface area contributed by atoms with Crippen molar-refractivity contribution in [2.75, 3.05) is 19.1 Å². The SMILES string of the molecule is COc1ccc(C2=C(Cl)C(=O)N(c3ccc(C)cc3)C2=O)cc1OC. The average molecular weight is 358 g/mol. The van der Waals surface area contributed by atoms with Crippen LogP contribution in [0.2, 0.25) is 0 Å². The fraction of sp³-hybridized carbons (Fsp3) is 0.158. The first-order chi connectivity index (χ1) is 12.0. The van der Waals surface area contributed by atoms with Crippen molar-refractivity contribution in [3.63, 3.8) is 0 Å². The predicted octanol–water partition coefficient (Wildman–Crippen LogP) is 3.54. The van der Waals surface area contributed by atoms with Crippen molar-refractivity contribution < 1.29 is 19.1 Å². The summed E-state index contributed by atoms with van der Waals surface area (Å²) in [5.74, 6) is -0.0347. The van der Waals surface area contributed by atoms with Gasteiger partial charge in [-0.1, -0.05) is 35.4 Å². The molecule has 6 heteroatoms. The van der Waals surface area contributed by atoms with Crippen LogP contribution in [0.3, 0.4) is 0 Å². The van der Waals surface area contributed by atoms with Gasteiger partial charge in [-0.25, -0.2) is 4.90 Å². The minimum Gasteiger partial charge on any atom is -0.493 e. The number of amides is 2. The number of aryl methyl sites for hydroxylation is 1. The van der Waals surface area contributed by atoms with E-state index in [1.807, 2.05) is 19.1 Å². The number of halogens is 1. The fourth-order valence-electron chi connectivity index (χ4n) is 2.67. The molecule has 3 rings (SSSR count). The van der Waals surface area contributed by atoms with E-state index in [1.165, 1.54) is 14.2 Å². The minimum absolute atomic E-state index is 0.113. The van der Waals surface area contributed by atoms with Crippen LogP contribution in [0.15, 0.2) is 47.5 Å². The lowest BCUT2D eigenvalue weighted by Gasteiger charge is -2.15. The average Bonchev–Trinajstić information content (AvgIpc) is 2.84. The lowest BCUT2D eigenvalue weighted by Crippen LogP contribution is -2.31. The Balaban J connectivity index is 2.04. The number of anilines is 1. The van der Waals surface area contributed by atoms with Crippen molar-refractivity contribution in [3.05, 3.63) is 58.6 Å². The first-order valence-corrected chi connectivity index (χ1v) is 7.93. The van der Waals surface area contributed by atoms with Crippen LogP contribution in [0, 0.1) is 6.92 Å². The van der Waals surface area contributed by atoms with Gasteiger partial charge in [-0.15, -0.1) is 0 Å². The van der Waals surface area contributed by atoms with Gasteiger partial charge in [0, 0.05) is 0 Å². The van der Waals surface area contributed by atoms with Gasteiger partial charge in [0.1, 0.15) is 5.03 Å². The van der Waals surface area contributed by atoms with Gasteiger partial charge in [0.25, 0.3) is 11.8 Å². The Labute approximate surface area is 150 Å². The summed E-state index contributed by atoms with van der Waals surface area (Å²) in [5.41, 5.74) is 2.15. The van der Waals surface area contributed by atoms with E-state index in [-0.39, 0.29) is 10.6 Å². The van der Waals surface area contributed by atoms with Crippen LogP contribution in [-0.4, -0.2) is 26.0 Å². The van der Waals surface area contributed by atoms with Gasteiger partial charge in [0.15, 0.2) is 11.5 Å². The molecule has 1 aliphatic heterocycles. The summed E-state index contributed by atoms with van der Waals surface area (Å²) >= 11 is 6.20. The summed E-state index contributed by atoms with van der Waals surface area (Å²) in [6.45, 7) is 1.93. The van der Waals surface area contributed by atoms with Crippen molar-refractivity contribution in [2.45, 2.75) is 6.92 Å². The third-order valence-corrected chi connectivity index (χ3v) is 4.34. The van der Waals surface area contributed by atoms with Crippen molar-refractivity contribution in [2.24, 2.45) is 0 Å². The number of rotatable bonds is 4. The number of nitrogens with zero attached hydrogens (tertiary/aromatic N) is 1. The number of imide groups is 1. The Morgan fingerprint density at radius 3 is 2.12 bits per heavy atom. The molecule has 5 nitrogen and oxygen atoms in total. The normalized spacial score (nSPS) is 14.3. The van der Waals surface area contributed by atoms with Gasteiger partial charge in [-0.2, -0.15) is 0 Å². The van der Waals surface area contributed by atoms with Crippen LogP contribution in [0.1, 0.15) is 11.1 Å². The van der Waals surface area contributed by atoms with Gasteiger partial charge < -0.3 is 9.47 Å². The molecule has 0 aliphatic carbocycles. The first-order valence-electron chi connectivity index (χ1n) is 7.55. The second kappa shape index (κ2) is 6.61. The predicted molar refractivity (Wildman–Crippen MR) is 96.0 cm³/mol. The summed E-state index contributed by atoms with van der Waals surface area (Å²) in [4.78, 5) is 26.5. The molecule has 0 saturated heterocycles. The molecule has 1 aliphatic rings. The van der Waals surface area contributed by atoms with Crippen molar-refractivity contribution >= 4 is 34.7 Å². The van der Waals surface area contributed by atoms with Crippen LogP contribution in [0.4, 0.5) is 5.69 Å². The Morgan fingerprint density at radius 1 is 0.880 bits per heavy atom. The molecule has 0 bridgehead atoms. The summed E-state index contributed by atoms with van der Waals surface area (Å²) < 4.78 is 10.5. The minimum atomic E-state index is -0.541. The molecule has 2 amide bonds. The van der Waals surface area contributed by atoms with Gasteiger partial charge in [-0.05, 0) is 36.8 Å². The van der Waals surface area contributed by atoms with E-state index >= 15 is 0 Å². The summed E-state index contributed by atoms with van der Waals surface area (Å²) in [5, 5.41) is -0.113. The van der Waals surface area contributed by atoms with Crippen LogP contribution in [0.5, 0.6) is 11.5 Å². The molecule has 25 heavy (non-hydrogen) atoms. The first kappa shape index (κ1) is 17.0. The number of ether oxygens (including phenoxy) is 2. The molecule has 128 valence electrons. The van der Waals surface area contributed by atoms with Gasteiger partial charge in [0.2, 0.25) is 0 Å². The molecule has 0 fully saturated rings. The second-order valence-electron chi connectivity index (χ2n) is 5.54. The van der Waals surface area contributed by atoms with Crippen molar-refractivity contribution in [1.29, 1.82) is 0 Å². The molecule has 0 unspecified atom stereocenters. The van der Waals surface area contributed by atoms with Crippen LogP contribution >= 0.6 is 11.6 Å². The smallest absolute Gasteiger partial charge is 0.277 e. The molecule has 1 heterocycles. The molecule has 0 atom stereocenters. The highest BCUT2D eigenvalue weighted by Crippen LogP contribution is 2.38. The standard InChI is InChI=1S/C19H16ClNO4/c1-11-4-7-13(8-5-11)21-18(22)16(17(20)19(21)23)12-6-9-14(24-2)15(10-12)25-3/h4-10H,1-3H3. The molecule has 0 aromatic heterocycles. The summed E-state index contributed by atoms with van der Waals surface area (Å²) in [6.07, 6.45) is 0. The third-order valence-electron chi connectivity index (χ3n) is 3.99. The van der Waals surface area contributed by atoms with E-state index in [2.05, 4.69) is 0 Å². The second-order valence-corrected chi connectivity index (χ2v) is 5.92. The highest BCUT2D eigenvalue weighted by atomic mass is 35.5. The number of hydrogen-bond acceptors (Lipinski definition) is 4. The summed E-state index contributed by atoms with van der Waals surface area (Å²) in [6, 6.07) is 12.1. The van der Waals surface area contributed by atoms with E-state index in [0.717, 1.165) is 10.5 Å². The lowest BCUT2D eigenvalue weighted by atomic mass is 10.1. The highest BCUT2D eigenvalue weighted by Gasteiger charge is 2.39. The number of carbonyl (C=O) groups excluding carboxylic acids is 2. The van der Waals surface area contributed by atoms with Crippen molar-refractivity contribution in [1.82, 2.24) is 0 Å². The molecular formula is C19H16ClNO4. The Hall–Kier alpha value is -2.79. The topological polar surface area (TPSA) is 55.8 Å². The monoisotopic (exact) mass is 357 g/mol. The largest absolute Gasteiger partial charge is 0.493 e. The maximum atomic E-state index is 12.9. The molecule has 2 aromatic rings. The zero-order chi connectivity index (χ0) is 18.1. The molecular weight excluding hydrogens is 342 g/mol. The van der Waals surface area contributed by atoms with Crippen molar-refractivity contribution in [3.8, 4) is 11.5 Å². The lowest BCUT2D eigenvalue weighted by molar-refractivity contribution is -0.119. The number of carbonyl (C=O) groups is 2. The quantitative estimate of drug-likeness (QED) is 0.785. The maximum Gasteiger partial charge on any atom is 0.277 e. The van der Waals surface area contributed by atoms with E-state index in [9.17, 15) is 9.59 Å². The molecule has 2 aromatic carbocycles. The third kappa shape index (κ3) is 2.87. The Bertz CT molecular complexity index is 887. The van der Waals surface area contributed by atoms with E-state index in [0.29, 0.717) is 22.7 Å². The molecule has 0 saturated carbocycles. The van der Waals surface area contributed by atoms with Crippen LogP contribution in [0.25, 0.3) is 5.57 Å². The van der Waals surface area contributed by atoms with E-state index < -0.39 is 11.8 Å². The zero-order valence-corrected chi connectivity index (χ0v) is 14.8. The number of methoxy groups -OCH3 is 2. The fourth-order valence-corrected chi connectivity index (χ4v) is 2.95. The van der Waals surface area contributed by atoms with Crippen LogP contribution in [-0.2, 0) is 9.59 Å². The highest BCUT2D eigenvalue weighted by molar-refractivity contribution is 6.60. The van der Waals surface area contributed by atoms with E-state index in [1.54, 1.807) is 30.3 Å². The molecule has 0 N–H and O–H groups in total. The Kier molecular flexibility index (Phi) is 4.51. The van der Waals surface area contributed by atoms with Gasteiger partial charge >= 0.3 is 0 Å². The van der Waals surface area contributed by atoms with Gasteiger partial charge in [-0.3, -0.25) is 9.59 Å². The molecule has 0 radical (unpaired) electrons. The number of hydrogen-bond donors (Lipinski definition) is 0. The number of benzene rings is 2. The molecule has 0 spiro atoms. The Morgan fingerprint density at radius 2 is 1.52 bits per heavy atom. The van der Waals surface area contributed by atoms with Crippen LogP contribution < -0.4 is 14.4 Å².